The van der Waals surface area contributed by atoms with Crippen LogP contribution in [0.2, 0.25) is 0 Å². The molecular formula is C42H34O2Zr. The summed E-state index contributed by atoms with van der Waals surface area (Å²) in [5.41, 5.74) is 7.30. The van der Waals surface area contributed by atoms with Crippen LogP contribution >= 0.6 is 0 Å². The Morgan fingerprint density at radius 3 is 1.24 bits per heavy atom. The fraction of sp³-hybridized carbons (Fsp3) is 0.0952. The second-order valence-electron chi connectivity index (χ2n) is 11.1. The van der Waals surface area contributed by atoms with Crippen LogP contribution < -0.4 is 0 Å². The SMILES string of the molecule is CCc1cccc2[cH-]c(-c3ccc(-c4ccccc4)o3)cc12.CCc1cccc2[cH-]c(-c3ccc(-c4ccccc4)o3)cc12.[Zr+2]. The number of rotatable bonds is 6. The molecule has 0 N–H and O–H groups in total. The molecule has 0 aliphatic rings. The van der Waals surface area contributed by atoms with E-state index in [0.29, 0.717) is 0 Å². The number of hydrogen-bond acceptors (Lipinski definition) is 2. The molecule has 0 saturated carbocycles. The Balaban J connectivity index is 0.000000155. The van der Waals surface area contributed by atoms with Gasteiger partial charge in [0.05, 0.1) is 11.5 Å². The van der Waals surface area contributed by atoms with Crippen LogP contribution in [0.25, 0.3) is 66.8 Å². The summed E-state index contributed by atoms with van der Waals surface area (Å²) in [6.45, 7) is 4.39. The first-order valence-corrected chi connectivity index (χ1v) is 15.4. The molecule has 0 bridgehead atoms. The van der Waals surface area contributed by atoms with Gasteiger partial charge in [0.1, 0.15) is 11.5 Å². The number of benzene rings is 4. The van der Waals surface area contributed by atoms with Crippen molar-refractivity contribution in [2.75, 3.05) is 0 Å². The largest absolute Gasteiger partial charge is 2.00 e. The third-order valence-corrected chi connectivity index (χ3v) is 8.34. The molecule has 2 aromatic heterocycles. The van der Waals surface area contributed by atoms with E-state index in [-0.39, 0.29) is 26.2 Å². The predicted octanol–water partition coefficient (Wildman–Crippen LogP) is 12.1. The van der Waals surface area contributed by atoms with Gasteiger partial charge in [-0.1, -0.05) is 121 Å². The van der Waals surface area contributed by atoms with Crippen molar-refractivity contribution in [3.8, 4) is 45.3 Å². The molecule has 8 rings (SSSR count). The monoisotopic (exact) mass is 660 g/mol. The normalized spacial score (nSPS) is 10.9. The number of furan rings is 2. The van der Waals surface area contributed by atoms with Gasteiger partial charge >= 0.3 is 26.2 Å². The molecule has 218 valence electrons. The Labute approximate surface area is 283 Å². The van der Waals surface area contributed by atoms with E-state index in [1.165, 1.54) is 32.7 Å². The minimum absolute atomic E-state index is 0. The van der Waals surface area contributed by atoms with E-state index in [9.17, 15) is 0 Å². The number of hydrogen-bond donors (Lipinski definition) is 0. The molecule has 3 heteroatoms. The van der Waals surface area contributed by atoms with Crippen LogP contribution in [0.3, 0.4) is 0 Å². The van der Waals surface area contributed by atoms with Gasteiger partial charge in [-0.05, 0) is 37.1 Å². The Bertz CT molecular complexity index is 1980. The molecule has 0 spiro atoms. The minimum atomic E-state index is 0. The average Bonchev–Trinajstić information content (AvgIpc) is 3.90. The molecule has 45 heavy (non-hydrogen) atoms. The fourth-order valence-corrected chi connectivity index (χ4v) is 6.00. The second kappa shape index (κ2) is 13.7. The van der Waals surface area contributed by atoms with Gasteiger partial charge < -0.3 is 8.83 Å². The maximum Gasteiger partial charge on any atom is 2.00 e. The van der Waals surface area contributed by atoms with Gasteiger partial charge in [0.2, 0.25) is 0 Å². The minimum Gasteiger partial charge on any atom is -0.491 e. The third kappa shape index (κ3) is 6.37. The standard InChI is InChI=1S/2C21H17O.Zr/c2*1-2-15-9-6-10-17-13-18(14-19(15)17)21-12-11-20(22-21)16-7-4-3-5-8-16;/h2*3-14H,2H2,1H3;/q2*-1;+2. The van der Waals surface area contributed by atoms with Gasteiger partial charge in [-0.15, -0.1) is 57.9 Å². The zero-order chi connectivity index (χ0) is 29.9. The van der Waals surface area contributed by atoms with E-state index >= 15 is 0 Å². The molecule has 0 amide bonds. The molecule has 0 atom stereocenters. The van der Waals surface area contributed by atoms with Crippen molar-refractivity contribution in [1.29, 1.82) is 0 Å². The molecular weight excluding hydrogens is 628 g/mol. The van der Waals surface area contributed by atoms with Gasteiger partial charge in [-0.3, -0.25) is 0 Å². The molecule has 0 fully saturated rings. The summed E-state index contributed by atoms with van der Waals surface area (Å²) in [5, 5.41) is 5.23. The van der Waals surface area contributed by atoms with Crippen molar-refractivity contribution in [1.82, 2.24) is 0 Å². The average molecular weight is 662 g/mol. The van der Waals surface area contributed by atoms with E-state index in [1.54, 1.807) is 0 Å². The van der Waals surface area contributed by atoms with E-state index in [4.69, 9.17) is 8.83 Å². The second-order valence-corrected chi connectivity index (χ2v) is 11.1. The van der Waals surface area contributed by atoms with Crippen molar-refractivity contribution in [2.24, 2.45) is 0 Å². The quantitative estimate of drug-likeness (QED) is 0.166. The number of aryl methyl sites for hydroxylation is 2. The van der Waals surface area contributed by atoms with E-state index in [2.05, 4.69) is 111 Å². The molecule has 0 saturated heterocycles. The predicted molar refractivity (Wildman–Crippen MR) is 184 cm³/mol. The first kappa shape index (κ1) is 30.6. The molecule has 2 nitrogen and oxygen atoms in total. The van der Waals surface area contributed by atoms with Crippen molar-refractivity contribution in [3.05, 3.63) is 157 Å². The van der Waals surface area contributed by atoms with Crippen LogP contribution in [-0.2, 0) is 39.0 Å². The van der Waals surface area contributed by atoms with Crippen LogP contribution in [-0.4, -0.2) is 0 Å². The van der Waals surface area contributed by atoms with Crippen molar-refractivity contribution in [3.63, 3.8) is 0 Å². The van der Waals surface area contributed by atoms with E-state index in [0.717, 1.165) is 58.1 Å². The summed E-state index contributed by atoms with van der Waals surface area (Å²) in [6.07, 6.45) is 2.10. The number of fused-ring (bicyclic) bond motifs is 2. The zero-order valence-electron chi connectivity index (χ0n) is 25.6. The van der Waals surface area contributed by atoms with Crippen molar-refractivity contribution < 1.29 is 35.0 Å². The van der Waals surface area contributed by atoms with Gasteiger partial charge in [-0.25, -0.2) is 0 Å². The summed E-state index contributed by atoms with van der Waals surface area (Å²) < 4.78 is 12.1. The Morgan fingerprint density at radius 2 is 0.844 bits per heavy atom. The summed E-state index contributed by atoms with van der Waals surface area (Å²) in [6, 6.07) is 50.5. The molecule has 6 aromatic carbocycles. The molecule has 0 aliphatic heterocycles. The van der Waals surface area contributed by atoms with Gasteiger partial charge in [0, 0.05) is 11.1 Å². The van der Waals surface area contributed by atoms with Crippen LogP contribution in [0, 0.1) is 0 Å². The van der Waals surface area contributed by atoms with Crippen LogP contribution in [0.15, 0.2) is 154 Å². The first-order valence-electron chi connectivity index (χ1n) is 15.4. The fourth-order valence-electron chi connectivity index (χ4n) is 6.00. The topological polar surface area (TPSA) is 26.3 Å². The van der Waals surface area contributed by atoms with E-state index in [1.807, 2.05) is 48.5 Å². The van der Waals surface area contributed by atoms with Gasteiger partial charge in [0.25, 0.3) is 0 Å². The smallest absolute Gasteiger partial charge is 0.491 e. The summed E-state index contributed by atoms with van der Waals surface area (Å²) in [4.78, 5) is 0. The van der Waals surface area contributed by atoms with Crippen LogP contribution in [0.1, 0.15) is 25.0 Å². The van der Waals surface area contributed by atoms with Crippen LogP contribution in [0.4, 0.5) is 0 Å². The molecule has 0 aliphatic carbocycles. The summed E-state index contributed by atoms with van der Waals surface area (Å²) >= 11 is 0. The van der Waals surface area contributed by atoms with E-state index < -0.39 is 0 Å². The molecule has 0 unspecified atom stereocenters. The summed E-state index contributed by atoms with van der Waals surface area (Å²) in [5.74, 6) is 3.68. The summed E-state index contributed by atoms with van der Waals surface area (Å²) in [7, 11) is 0. The van der Waals surface area contributed by atoms with Crippen LogP contribution in [0.5, 0.6) is 0 Å². The maximum atomic E-state index is 6.06. The molecule has 2 heterocycles. The van der Waals surface area contributed by atoms with Gasteiger partial charge in [-0.2, -0.15) is 0 Å². The van der Waals surface area contributed by atoms with Crippen molar-refractivity contribution in [2.45, 2.75) is 26.7 Å². The maximum absolute atomic E-state index is 6.06. The van der Waals surface area contributed by atoms with Crippen molar-refractivity contribution >= 4 is 21.5 Å². The first-order chi connectivity index (χ1) is 21.7. The zero-order valence-corrected chi connectivity index (χ0v) is 28.0. The Kier molecular flexibility index (Phi) is 9.29. The Hall–Kier alpha value is -4.46. The van der Waals surface area contributed by atoms with Gasteiger partial charge in [0.15, 0.2) is 0 Å². The third-order valence-electron chi connectivity index (χ3n) is 8.34. The molecule has 0 radical (unpaired) electrons. The molecule has 8 aromatic rings. The Morgan fingerprint density at radius 1 is 0.444 bits per heavy atom.